The van der Waals surface area contributed by atoms with E-state index in [2.05, 4.69) is 5.32 Å². The zero-order valence-corrected chi connectivity index (χ0v) is 11.9. The molecule has 2 rings (SSSR count). The molecule has 3 N–H and O–H groups in total. The smallest absolute Gasteiger partial charge is 0.230 e. The number of carbonyl (C=O) groups excluding carboxylic acids is 1. The molecule has 0 atom stereocenters. The molecule has 0 spiro atoms. The fourth-order valence-electron chi connectivity index (χ4n) is 2.88. The van der Waals surface area contributed by atoms with Gasteiger partial charge in [-0.2, -0.15) is 0 Å². The van der Waals surface area contributed by atoms with Crippen LogP contribution in [0, 0.1) is 0 Å². The third-order valence-electron chi connectivity index (χ3n) is 3.94. The molecule has 0 aromatic heterocycles. The first-order valence-corrected chi connectivity index (χ1v) is 7.31. The molecule has 1 aliphatic carbocycles. The van der Waals surface area contributed by atoms with E-state index < -0.39 is 0 Å². The van der Waals surface area contributed by atoms with Crippen LogP contribution in [0.15, 0.2) is 24.3 Å². The Labute approximate surface area is 119 Å². The number of benzene rings is 1. The van der Waals surface area contributed by atoms with E-state index in [1.165, 1.54) is 0 Å². The summed E-state index contributed by atoms with van der Waals surface area (Å²) in [4.78, 5) is 12.6. The van der Waals surface area contributed by atoms with Crippen LogP contribution in [0.4, 0.5) is 0 Å². The SMILES string of the molecule is NCCCNC(=O)C1(c2cccc(Cl)c2)CCCC1. The second-order valence-electron chi connectivity index (χ2n) is 5.20. The fraction of sp³-hybridized carbons (Fsp3) is 0.533. The van der Waals surface area contributed by atoms with Gasteiger partial charge in [0.15, 0.2) is 0 Å². The Morgan fingerprint density at radius 3 is 2.74 bits per heavy atom. The molecule has 1 saturated carbocycles. The van der Waals surface area contributed by atoms with E-state index in [4.69, 9.17) is 17.3 Å². The minimum absolute atomic E-state index is 0.126. The van der Waals surface area contributed by atoms with Gasteiger partial charge in [0.2, 0.25) is 5.91 Å². The summed E-state index contributed by atoms with van der Waals surface area (Å²) in [7, 11) is 0. The quantitative estimate of drug-likeness (QED) is 0.815. The molecule has 0 bridgehead atoms. The van der Waals surface area contributed by atoms with Crippen molar-refractivity contribution in [1.29, 1.82) is 0 Å². The highest BCUT2D eigenvalue weighted by molar-refractivity contribution is 6.30. The van der Waals surface area contributed by atoms with Crippen molar-refractivity contribution < 1.29 is 4.79 Å². The molecule has 104 valence electrons. The maximum absolute atomic E-state index is 12.6. The lowest BCUT2D eigenvalue weighted by atomic mass is 9.78. The number of hydrogen-bond donors (Lipinski definition) is 2. The van der Waals surface area contributed by atoms with Crippen molar-refractivity contribution in [2.75, 3.05) is 13.1 Å². The molecule has 19 heavy (non-hydrogen) atoms. The highest BCUT2D eigenvalue weighted by Crippen LogP contribution is 2.41. The molecule has 0 unspecified atom stereocenters. The predicted octanol–water partition coefficient (Wildman–Crippen LogP) is 2.62. The fourth-order valence-corrected chi connectivity index (χ4v) is 3.07. The Morgan fingerprint density at radius 1 is 1.37 bits per heavy atom. The zero-order chi connectivity index (χ0) is 13.7. The summed E-state index contributed by atoms with van der Waals surface area (Å²) in [5.41, 5.74) is 6.12. The topological polar surface area (TPSA) is 55.1 Å². The Kier molecular flexibility index (Phi) is 4.83. The van der Waals surface area contributed by atoms with Crippen LogP contribution in [0.1, 0.15) is 37.7 Å². The molecule has 0 radical (unpaired) electrons. The Hall–Kier alpha value is -1.06. The van der Waals surface area contributed by atoms with Gasteiger partial charge in [-0.15, -0.1) is 0 Å². The number of carbonyl (C=O) groups is 1. The molecular weight excluding hydrogens is 260 g/mol. The summed E-state index contributed by atoms with van der Waals surface area (Å²) in [5, 5.41) is 3.72. The van der Waals surface area contributed by atoms with Gasteiger partial charge >= 0.3 is 0 Å². The maximum atomic E-state index is 12.6. The minimum Gasteiger partial charge on any atom is -0.355 e. The van der Waals surface area contributed by atoms with Gasteiger partial charge in [0.25, 0.3) is 0 Å². The van der Waals surface area contributed by atoms with Crippen molar-refractivity contribution in [2.45, 2.75) is 37.5 Å². The average Bonchev–Trinajstić information content (AvgIpc) is 2.89. The third-order valence-corrected chi connectivity index (χ3v) is 4.17. The van der Waals surface area contributed by atoms with Crippen molar-refractivity contribution >= 4 is 17.5 Å². The van der Waals surface area contributed by atoms with Gasteiger partial charge in [0.05, 0.1) is 5.41 Å². The van der Waals surface area contributed by atoms with E-state index in [0.717, 1.165) is 37.7 Å². The van der Waals surface area contributed by atoms with Gasteiger partial charge in [-0.1, -0.05) is 36.6 Å². The van der Waals surface area contributed by atoms with Crippen LogP contribution in [0.25, 0.3) is 0 Å². The van der Waals surface area contributed by atoms with Gasteiger partial charge < -0.3 is 11.1 Å². The first kappa shape index (κ1) is 14.4. The molecule has 0 aliphatic heterocycles. The van der Waals surface area contributed by atoms with Gasteiger partial charge in [-0.3, -0.25) is 4.79 Å². The molecule has 1 fully saturated rings. The van der Waals surface area contributed by atoms with Gasteiger partial charge in [-0.25, -0.2) is 0 Å². The highest BCUT2D eigenvalue weighted by atomic mass is 35.5. The van der Waals surface area contributed by atoms with E-state index in [0.29, 0.717) is 18.1 Å². The first-order chi connectivity index (χ1) is 9.19. The van der Waals surface area contributed by atoms with E-state index in [1.807, 2.05) is 24.3 Å². The normalized spacial score (nSPS) is 17.4. The molecule has 1 aromatic carbocycles. The van der Waals surface area contributed by atoms with Crippen molar-refractivity contribution in [3.63, 3.8) is 0 Å². The Bertz CT molecular complexity index is 442. The molecule has 1 amide bonds. The van der Waals surface area contributed by atoms with Crippen molar-refractivity contribution in [1.82, 2.24) is 5.32 Å². The zero-order valence-electron chi connectivity index (χ0n) is 11.1. The van der Waals surface area contributed by atoms with Crippen molar-refractivity contribution in [2.24, 2.45) is 5.73 Å². The van der Waals surface area contributed by atoms with Crippen LogP contribution in [-0.4, -0.2) is 19.0 Å². The summed E-state index contributed by atoms with van der Waals surface area (Å²) in [6, 6.07) is 7.71. The van der Waals surface area contributed by atoms with E-state index in [-0.39, 0.29) is 11.3 Å². The molecule has 1 aliphatic rings. The third kappa shape index (κ3) is 3.10. The molecule has 4 heteroatoms. The average molecular weight is 281 g/mol. The second kappa shape index (κ2) is 6.40. The predicted molar refractivity (Wildman–Crippen MR) is 78.3 cm³/mol. The van der Waals surface area contributed by atoms with Crippen LogP contribution in [-0.2, 0) is 10.2 Å². The van der Waals surface area contributed by atoms with Gasteiger partial charge in [-0.05, 0) is 43.5 Å². The van der Waals surface area contributed by atoms with Crippen LogP contribution in [0.2, 0.25) is 5.02 Å². The van der Waals surface area contributed by atoms with Gasteiger partial charge in [0.1, 0.15) is 0 Å². The molecular formula is C15H21ClN2O. The van der Waals surface area contributed by atoms with Crippen LogP contribution in [0.3, 0.4) is 0 Å². The van der Waals surface area contributed by atoms with E-state index in [9.17, 15) is 4.79 Å². The number of hydrogen-bond acceptors (Lipinski definition) is 2. The lowest BCUT2D eigenvalue weighted by molar-refractivity contribution is -0.126. The first-order valence-electron chi connectivity index (χ1n) is 6.93. The second-order valence-corrected chi connectivity index (χ2v) is 5.63. The van der Waals surface area contributed by atoms with E-state index >= 15 is 0 Å². The maximum Gasteiger partial charge on any atom is 0.230 e. The summed E-state index contributed by atoms with van der Waals surface area (Å²) in [6.45, 7) is 1.25. The lowest BCUT2D eigenvalue weighted by Gasteiger charge is -2.28. The molecule has 0 heterocycles. The molecule has 1 aromatic rings. The van der Waals surface area contributed by atoms with Crippen molar-refractivity contribution in [3.05, 3.63) is 34.9 Å². The lowest BCUT2D eigenvalue weighted by Crippen LogP contribution is -2.43. The van der Waals surface area contributed by atoms with Gasteiger partial charge in [0, 0.05) is 11.6 Å². The standard InChI is InChI=1S/C15H21ClN2O/c16-13-6-3-5-12(11-13)15(7-1-2-8-15)14(19)18-10-4-9-17/h3,5-6,11H,1-2,4,7-10,17H2,(H,18,19). The van der Waals surface area contributed by atoms with E-state index in [1.54, 1.807) is 0 Å². The number of nitrogens with two attached hydrogens (primary N) is 1. The summed E-state index contributed by atoms with van der Waals surface area (Å²) >= 11 is 6.07. The van der Waals surface area contributed by atoms with Crippen molar-refractivity contribution in [3.8, 4) is 0 Å². The summed E-state index contributed by atoms with van der Waals surface area (Å²) < 4.78 is 0. The van der Waals surface area contributed by atoms with Crippen LogP contribution < -0.4 is 11.1 Å². The molecule has 0 saturated heterocycles. The monoisotopic (exact) mass is 280 g/mol. The summed E-state index contributed by atoms with van der Waals surface area (Å²) in [5.74, 6) is 0.126. The number of rotatable bonds is 5. The highest BCUT2D eigenvalue weighted by Gasteiger charge is 2.42. The largest absolute Gasteiger partial charge is 0.355 e. The number of amides is 1. The Morgan fingerprint density at radius 2 is 2.11 bits per heavy atom. The van der Waals surface area contributed by atoms with Crippen LogP contribution >= 0.6 is 11.6 Å². The number of nitrogens with one attached hydrogen (secondary N) is 1. The minimum atomic E-state index is -0.389. The molecule has 3 nitrogen and oxygen atoms in total. The summed E-state index contributed by atoms with van der Waals surface area (Å²) in [6.07, 6.45) is 4.81. The van der Waals surface area contributed by atoms with Crippen LogP contribution in [0.5, 0.6) is 0 Å². The Balaban J connectivity index is 2.20. The number of halogens is 1.